The molecule has 0 fully saturated rings. The summed E-state index contributed by atoms with van der Waals surface area (Å²) in [5.74, 6) is -2.03. The van der Waals surface area contributed by atoms with Crippen LogP contribution in [0.1, 0.15) is 32.6 Å². The number of esters is 2. The molecule has 0 radical (unpaired) electrons. The van der Waals surface area contributed by atoms with Gasteiger partial charge in [0.25, 0.3) is 0 Å². The van der Waals surface area contributed by atoms with Crippen molar-refractivity contribution in [3.8, 4) is 0 Å². The maximum Gasteiger partial charge on any atom is 0.337 e. The molecule has 0 amide bonds. The Balaban J connectivity index is 2.13. The first-order valence-electron chi connectivity index (χ1n) is 8.24. The van der Waals surface area contributed by atoms with E-state index >= 15 is 0 Å². The highest BCUT2D eigenvalue weighted by Gasteiger charge is 2.35. The van der Waals surface area contributed by atoms with Crippen LogP contribution in [0.25, 0.3) is 0 Å². The number of nitrogens with one attached hydrogen (secondary N) is 1. The highest BCUT2D eigenvalue weighted by Crippen LogP contribution is 2.30. The number of carbonyl (C=O) groups is 2. The quantitative estimate of drug-likeness (QED) is 0.538. The van der Waals surface area contributed by atoms with Gasteiger partial charge in [-0.25, -0.2) is 17.6 Å². The van der Waals surface area contributed by atoms with Crippen LogP contribution < -0.4 is 4.72 Å². The van der Waals surface area contributed by atoms with Gasteiger partial charge in [-0.2, -0.15) is 0 Å². The van der Waals surface area contributed by atoms with E-state index in [1.54, 1.807) is 6.92 Å². The maximum atomic E-state index is 13.1. The van der Waals surface area contributed by atoms with E-state index in [0.717, 1.165) is 12.1 Å². The molecule has 1 N–H and O–H groups in total. The lowest BCUT2D eigenvalue weighted by molar-refractivity contribution is -0.164. The highest BCUT2D eigenvalue weighted by atomic mass is 35.5. The molecule has 1 aliphatic carbocycles. The van der Waals surface area contributed by atoms with E-state index in [1.807, 2.05) is 0 Å². The Kier molecular flexibility index (Phi) is 7.20. The van der Waals surface area contributed by atoms with E-state index in [2.05, 4.69) is 9.46 Å². The van der Waals surface area contributed by atoms with Crippen molar-refractivity contribution in [1.29, 1.82) is 0 Å². The summed E-state index contributed by atoms with van der Waals surface area (Å²) in [6, 6.07) is 3.25. The fraction of sp³-hybridized carbons (Fsp3) is 0.412. The Hall–Kier alpha value is -2.13. The zero-order valence-electron chi connectivity index (χ0n) is 14.5. The van der Waals surface area contributed by atoms with Gasteiger partial charge in [0.1, 0.15) is 11.1 Å². The molecule has 27 heavy (non-hydrogen) atoms. The summed E-state index contributed by atoms with van der Waals surface area (Å²) < 4.78 is 50.4. The van der Waals surface area contributed by atoms with Gasteiger partial charge in [-0.15, -0.1) is 0 Å². The van der Waals surface area contributed by atoms with Crippen LogP contribution in [0, 0.1) is 5.82 Å². The van der Waals surface area contributed by atoms with Gasteiger partial charge in [0.05, 0.1) is 16.3 Å². The van der Waals surface area contributed by atoms with E-state index in [-0.39, 0.29) is 29.1 Å². The number of anilines is 1. The first-order valence-corrected chi connectivity index (χ1v) is 10.2. The second kappa shape index (κ2) is 9.18. The molecule has 10 heteroatoms. The van der Waals surface area contributed by atoms with Gasteiger partial charge in [-0.1, -0.05) is 24.6 Å². The van der Waals surface area contributed by atoms with Crippen molar-refractivity contribution < 1.29 is 31.9 Å². The first-order chi connectivity index (χ1) is 12.7. The summed E-state index contributed by atoms with van der Waals surface area (Å²) in [6.45, 7) is 0.996. The van der Waals surface area contributed by atoms with Crippen LogP contribution in [0.5, 0.6) is 0 Å². The minimum absolute atomic E-state index is 0.00762. The zero-order valence-corrected chi connectivity index (χ0v) is 16.1. The number of ether oxygens (including phenoxy) is 2. The Labute approximate surface area is 161 Å². The molecule has 148 valence electrons. The topological polar surface area (TPSA) is 98.8 Å². The van der Waals surface area contributed by atoms with Crippen LogP contribution in [-0.4, -0.2) is 32.4 Å². The average molecular weight is 420 g/mol. The van der Waals surface area contributed by atoms with Gasteiger partial charge in [0.2, 0.25) is 16.8 Å². The van der Waals surface area contributed by atoms with Crippen molar-refractivity contribution in [3.63, 3.8) is 0 Å². The van der Waals surface area contributed by atoms with Crippen molar-refractivity contribution in [1.82, 2.24) is 0 Å². The summed E-state index contributed by atoms with van der Waals surface area (Å²) in [4.78, 5) is 23.3. The third kappa shape index (κ3) is 5.67. The smallest absolute Gasteiger partial charge is 0.337 e. The number of sulfonamides is 1. The lowest BCUT2D eigenvalue weighted by Crippen LogP contribution is -2.35. The predicted molar refractivity (Wildman–Crippen MR) is 97.0 cm³/mol. The molecule has 1 atom stereocenters. The summed E-state index contributed by atoms with van der Waals surface area (Å²) in [7, 11) is -4.05. The molecule has 0 aromatic heterocycles. The van der Waals surface area contributed by atoms with Gasteiger partial charge < -0.3 is 9.47 Å². The molecule has 0 saturated carbocycles. The fourth-order valence-corrected chi connectivity index (χ4v) is 4.42. The van der Waals surface area contributed by atoms with Crippen LogP contribution in [0.4, 0.5) is 10.1 Å². The first kappa shape index (κ1) is 21.2. The minimum atomic E-state index is -4.05. The lowest BCUT2D eigenvalue weighted by Gasteiger charge is -2.24. The Morgan fingerprint density at radius 2 is 2.07 bits per heavy atom. The number of halogens is 2. The molecule has 1 aromatic rings. The molecule has 0 aliphatic heterocycles. The van der Waals surface area contributed by atoms with Crippen molar-refractivity contribution in [2.75, 3.05) is 11.5 Å². The van der Waals surface area contributed by atoms with Crippen molar-refractivity contribution >= 4 is 39.3 Å². The zero-order chi connectivity index (χ0) is 20.0. The van der Waals surface area contributed by atoms with Crippen LogP contribution >= 0.6 is 11.6 Å². The van der Waals surface area contributed by atoms with Crippen LogP contribution in [0.2, 0.25) is 5.02 Å². The second-order valence-electron chi connectivity index (χ2n) is 5.77. The van der Waals surface area contributed by atoms with Crippen LogP contribution in [-0.2, 0) is 29.1 Å². The van der Waals surface area contributed by atoms with Gasteiger partial charge in [0, 0.05) is 6.42 Å². The van der Waals surface area contributed by atoms with Crippen molar-refractivity contribution in [2.45, 2.75) is 37.9 Å². The number of benzene rings is 1. The maximum absolute atomic E-state index is 13.1. The summed E-state index contributed by atoms with van der Waals surface area (Å²) in [5, 5.41) is -1.27. The van der Waals surface area contributed by atoms with E-state index in [0.29, 0.717) is 12.8 Å². The minimum Gasteiger partial charge on any atom is -0.428 e. The molecule has 1 aromatic carbocycles. The van der Waals surface area contributed by atoms with Gasteiger partial charge in [-0.3, -0.25) is 9.52 Å². The summed E-state index contributed by atoms with van der Waals surface area (Å²) >= 11 is 5.86. The van der Waals surface area contributed by atoms with Crippen molar-refractivity contribution in [3.05, 3.63) is 40.7 Å². The number of rotatable bonds is 7. The molecule has 0 saturated heterocycles. The Bertz CT molecular complexity index is 855. The molecule has 0 heterocycles. The molecule has 1 aliphatic rings. The Morgan fingerprint density at radius 1 is 1.33 bits per heavy atom. The molecule has 2 rings (SSSR count). The highest BCUT2D eigenvalue weighted by molar-refractivity contribution is 7.93. The van der Waals surface area contributed by atoms with E-state index in [9.17, 15) is 22.4 Å². The number of allylic oxidation sites excluding steroid dienone is 1. The van der Waals surface area contributed by atoms with Gasteiger partial charge in [0.15, 0.2) is 0 Å². The van der Waals surface area contributed by atoms with E-state index in [1.165, 1.54) is 12.1 Å². The van der Waals surface area contributed by atoms with Crippen LogP contribution in [0.15, 0.2) is 29.8 Å². The molecular weight excluding hydrogens is 401 g/mol. The number of carbonyl (C=O) groups excluding carboxylic acids is 2. The fourth-order valence-electron chi connectivity index (χ4n) is 2.52. The standard InChI is InChI=1S/C17H19ClFNO6S/c1-2-16(21)25-10-26-17(22)12-5-3-4-6-15(12)27(23,24)20-14-8-7-11(19)9-13(14)18/h5,7-9,15,20H,2-4,6,10H2,1H3. The van der Waals surface area contributed by atoms with Crippen LogP contribution in [0.3, 0.4) is 0 Å². The normalized spacial score (nSPS) is 17.0. The summed E-state index contributed by atoms with van der Waals surface area (Å²) in [5.41, 5.74) is -0.0345. The molecular formula is C17H19ClFNO6S. The summed E-state index contributed by atoms with van der Waals surface area (Å²) in [6.07, 6.45) is 2.89. The molecule has 1 unspecified atom stereocenters. The van der Waals surface area contributed by atoms with Gasteiger partial charge in [-0.05, 0) is 37.5 Å². The monoisotopic (exact) mass is 419 g/mol. The predicted octanol–water partition coefficient (Wildman–Crippen LogP) is 3.15. The van der Waals surface area contributed by atoms with E-state index in [4.69, 9.17) is 16.3 Å². The van der Waals surface area contributed by atoms with Crippen molar-refractivity contribution in [2.24, 2.45) is 0 Å². The third-order valence-corrected chi connectivity index (χ3v) is 5.93. The Morgan fingerprint density at radius 3 is 2.74 bits per heavy atom. The molecule has 0 spiro atoms. The lowest BCUT2D eigenvalue weighted by atomic mass is 9.99. The molecule has 0 bridgehead atoms. The SMILES string of the molecule is CCC(=O)OCOC(=O)C1=CCCCC1S(=O)(=O)Nc1ccc(F)cc1Cl. The largest absolute Gasteiger partial charge is 0.428 e. The molecule has 7 nitrogen and oxygen atoms in total. The second-order valence-corrected chi connectivity index (χ2v) is 8.04. The third-order valence-electron chi connectivity index (χ3n) is 3.87. The van der Waals surface area contributed by atoms with E-state index < -0.39 is 39.8 Å². The average Bonchev–Trinajstić information content (AvgIpc) is 2.63. The number of hydrogen-bond donors (Lipinski definition) is 1. The number of hydrogen-bond acceptors (Lipinski definition) is 6. The van der Waals surface area contributed by atoms with Gasteiger partial charge >= 0.3 is 11.9 Å².